The molecule has 0 aliphatic rings. The molecule has 1 aromatic heterocycles. The monoisotopic (exact) mass is 237 g/mol. The Morgan fingerprint density at radius 1 is 1.18 bits per heavy atom. The van der Waals surface area contributed by atoms with Crippen molar-refractivity contribution in [3.63, 3.8) is 0 Å². The molecule has 0 fully saturated rings. The number of rotatable bonds is 2. The van der Waals surface area contributed by atoms with Crippen LogP contribution in [0.2, 0.25) is 0 Å². The average molecular weight is 237 g/mol. The molecular weight excluding hydrogens is 231 g/mol. The number of hydrogen-bond donors (Lipinski definition) is 0. The Balaban J connectivity index is 2.61. The molecule has 0 saturated heterocycles. The quantitative estimate of drug-likeness (QED) is 0.593. The fourth-order valence-corrected chi connectivity index (χ4v) is 1.42. The lowest BCUT2D eigenvalue weighted by atomic mass is 10.1. The molecule has 0 saturated carbocycles. The Bertz CT molecular complexity index is 584. The number of carbonyl (C=O) groups is 1. The highest BCUT2D eigenvalue weighted by Crippen LogP contribution is 2.24. The Kier molecular flexibility index (Phi) is 2.91. The molecule has 17 heavy (non-hydrogen) atoms. The van der Waals surface area contributed by atoms with Gasteiger partial charge in [0.15, 0.2) is 17.9 Å². The second-order valence-electron chi connectivity index (χ2n) is 3.32. The van der Waals surface area contributed by atoms with Crippen molar-refractivity contribution in [2.45, 2.75) is 0 Å². The summed E-state index contributed by atoms with van der Waals surface area (Å²) in [5, 5.41) is 0. The number of pyridine rings is 1. The van der Waals surface area contributed by atoms with E-state index < -0.39 is 17.6 Å². The molecular formula is C12H6F3NO. The van der Waals surface area contributed by atoms with E-state index in [4.69, 9.17) is 0 Å². The molecule has 0 aliphatic heterocycles. The van der Waals surface area contributed by atoms with Gasteiger partial charge < -0.3 is 0 Å². The molecule has 0 aliphatic carbocycles. The van der Waals surface area contributed by atoms with Crippen molar-refractivity contribution in [2.75, 3.05) is 0 Å². The molecule has 86 valence electrons. The van der Waals surface area contributed by atoms with Gasteiger partial charge in [0.25, 0.3) is 0 Å². The molecule has 2 aromatic rings. The van der Waals surface area contributed by atoms with Gasteiger partial charge in [0.1, 0.15) is 0 Å². The topological polar surface area (TPSA) is 30.0 Å². The highest BCUT2D eigenvalue weighted by Gasteiger charge is 2.12. The molecule has 0 unspecified atom stereocenters. The number of aldehydes is 1. The minimum Gasteiger partial charge on any atom is -0.298 e. The number of benzene rings is 1. The van der Waals surface area contributed by atoms with Crippen LogP contribution in [0.1, 0.15) is 10.4 Å². The van der Waals surface area contributed by atoms with Crippen LogP contribution < -0.4 is 0 Å². The van der Waals surface area contributed by atoms with Crippen molar-refractivity contribution in [3.05, 3.63) is 53.6 Å². The normalized spacial score (nSPS) is 10.3. The van der Waals surface area contributed by atoms with Gasteiger partial charge in [-0.25, -0.2) is 13.8 Å². The van der Waals surface area contributed by atoms with Crippen molar-refractivity contribution in [1.82, 2.24) is 4.98 Å². The molecule has 5 heteroatoms. The molecule has 0 radical (unpaired) electrons. The van der Waals surface area contributed by atoms with Crippen LogP contribution >= 0.6 is 0 Å². The maximum absolute atomic E-state index is 13.4. The van der Waals surface area contributed by atoms with E-state index >= 15 is 0 Å². The first-order valence-electron chi connectivity index (χ1n) is 4.68. The Labute approximate surface area is 94.7 Å². The van der Waals surface area contributed by atoms with E-state index in [1.54, 1.807) is 0 Å². The van der Waals surface area contributed by atoms with Gasteiger partial charge in [-0.1, -0.05) is 12.1 Å². The van der Waals surface area contributed by atoms with Gasteiger partial charge in [-0.05, 0) is 12.1 Å². The summed E-state index contributed by atoms with van der Waals surface area (Å²) in [5.74, 6) is -3.02. The van der Waals surface area contributed by atoms with Crippen LogP contribution in [0.5, 0.6) is 0 Å². The van der Waals surface area contributed by atoms with E-state index in [9.17, 15) is 18.0 Å². The number of nitrogens with zero attached hydrogens (tertiary/aromatic N) is 1. The van der Waals surface area contributed by atoms with E-state index in [1.807, 2.05) is 0 Å². The molecule has 2 nitrogen and oxygen atoms in total. The van der Waals surface area contributed by atoms with Gasteiger partial charge >= 0.3 is 0 Å². The Morgan fingerprint density at radius 2 is 1.94 bits per heavy atom. The van der Waals surface area contributed by atoms with Crippen LogP contribution in [0.15, 0.2) is 30.5 Å². The van der Waals surface area contributed by atoms with E-state index in [0.717, 1.165) is 18.3 Å². The smallest absolute Gasteiger partial charge is 0.223 e. The first-order valence-corrected chi connectivity index (χ1v) is 4.68. The van der Waals surface area contributed by atoms with Gasteiger partial charge in [-0.3, -0.25) is 4.79 Å². The molecule has 2 rings (SSSR count). The van der Waals surface area contributed by atoms with Crippen molar-refractivity contribution < 1.29 is 18.0 Å². The fourth-order valence-electron chi connectivity index (χ4n) is 1.42. The summed E-state index contributed by atoms with van der Waals surface area (Å²) < 4.78 is 39.4. The molecule has 0 spiro atoms. The summed E-state index contributed by atoms with van der Waals surface area (Å²) in [7, 11) is 0. The van der Waals surface area contributed by atoms with Gasteiger partial charge in [0.2, 0.25) is 5.95 Å². The number of halogens is 3. The van der Waals surface area contributed by atoms with Crippen LogP contribution in [-0.2, 0) is 0 Å². The fraction of sp³-hybridized carbons (Fsp3) is 0. The third-order valence-electron chi connectivity index (χ3n) is 2.26. The maximum Gasteiger partial charge on any atom is 0.223 e. The first kappa shape index (κ1) is 11.3. The second kappa shape index (κ2) is 4.37. The highest BCUT2D eigenvalue weighted by molar-refractivity contribution is 5.78. The van der Waals surface area contributed by atoms with Gasteiger partial charge in [0.05, 0.1) is 5.56 Å². The third kappa shape index (κ3) is 2.04. The second-order valence-corrected chi connectivity index (χ2v) is 3.32. The van der Waals surface area contributed by atoms with Crippen LogP contribution in [0.25, 0.3) is 11.1 Å². The van der Waals surface area contributed by atoms with Crippen LogP contribution in [0, 0.1) is 17.6 Å². The molecule has 0 atom stereocenters. The van der Waals surface area contributed by atoms with Crippen molar-refractivity contribution in [2.24, 2.45) is 0 Å². The summed E-state index contributed by atoms with van der Waals surface area (Å²) in [6.07, 6.45) is 1.31. The summed E-state index contributed by atoms with van der Waals surface area (Å²) in [5.41, 5.74) is -0.225. The lowest BCUT2D eigenvalue weighted by molar-refractivity contribution is 0.111. The summed E-state index contributed by atoms with van der Waals surface area (Å²) in [6, 6.07) is 4.73. The molecule has 1 heterocycles. The van der Waals surface area contributed by atoms with E-state index in [1.165, 1.54) is 12.1 Å². The van der Waals surface area contributed by atoms with Crippen LogP contribution in [0.4, 0.5) is 13.2 Å². The minimum absolute atomic E-state index is 0.0689. The van der Waals surface area contributed by atoms with E-state index in [0.29, 0.717) is 0 Å². The Morgan fingerprint density at radius 3 is 2.65 bits per heavy atom. The van der Waals surface area contributed by atoms with E-state index in [-0.39, 0.29) is 23.0 Å². The lowest BCUT2D eigenvalue weighted by Crippen LogP contribution is -1.95. The zero-order chi connectivity index (χ0) is 12.4. The van der Waals surface area contributed by atoms with Crippen LogP contribution in [0.3, 0.4) is 0 Å². The molecule has 0 amide bonds. The van der Waals surface area contributed by atoms with Gasteiger partial charge in [-0.15, -0.1) is 0 Å². The van der Waals surface area contributed by atoms with Crippen molar-refractivity contribution in [3.8, 4) is 11.1 Å². The van der Waals surface area contributed by atoms with Crippen molar-refractivity contribution >= 4 is 6.29 Å². The predicted octanol–water partition coefficient (Wildman–Crippen LogP) is 2.98. The Hall–Kier alpha value is -2.17. The zero-order valence-corrected chi connectivity index (χ0v) is 8.45. The van der Waals surface area contributed by atoms with Crippen LogP contribution in [-0.4, -0.2) is 11.3 Å². The average Bonchev–Trinajstić information content (AvgIpc) is 2.34. The first-order chi connectivity index (χ1) is 8.13. The molecule has 0 N–H and O–H groups in total. The van der Waals surface area contributed by atoms with Gasteiger partial charge in [-0.2, -0.15) is 4.39 Å². The van der Waals surface area contributed by atoms with Gasteiger partial charge in [0, 0.05) is 17.3 Å². The minimum atomic E-state index is -1.06. The lowest BCUT2D eigenvalue weighted by Gasteiger charge is -2.04. The SMILES string of the molecule is O=Cc1cc(-c2cccc(F)c2F)cnc1F. The summed E-state index contributed by atoms with van der Waals surface area (Å²) in [4.78, 5) is 13.8. The standard InChI is InChI=1S/C12H6F3NO/c13-10-3-1-2-9(11(10)14)7-4-8(6-17)12(15)16-5-7/h1-6H. The largest absolute Gasteiger partial charge is 0.298 e. The number of hydrogen-bond acceptors (Lipinski definition) is 2. The number of aromatic nitrogens is 1. The molecule has 0 bridgehead atoms. The predicted molar refractivity (Wildman–Crippen MR) is 54.9 cm³/mol. The summed E-state index contributed by atoms with van der Waals surface area (Å²) >= 11 is 0. The number of carbonyl (C=O) groups excluding carboxylic acids is 1. The maximum atomic E-state index is 13.4. The third-order valence-corrected chi connectivity index (χ3v) is 2.26. The zero-order valence-electron chi connectivity index (χ0n) is 8.45. The van der Waals surface area contributed by atoms with Crippen molar-refractivity contribution in [1.29, 1.82) is 0 Å². The highest BCUT2D eigenvalue weighted by atomic mass is 19.2. The van der Waals surface area contributed by atoms with E-state index in [2.05, 4.69) is 4.98 Å². The summed E-state index contributed by atoms with van der Waals surface area (Å²) in [6.45, 7) is 0. The molecule has 1 aromatic carbocycles.